The predicted molar refractivity (Wildman–Crippen MR) is 78.2 cm³/mol. The van der Waals surface area contributed by atoms with Gasteiger partial charge < -0.3 is 10.1 Å². The fourth-order valence-electron chi connectivity index (χ4n) is 2.50. The van der Waals surface area contributed by atoms with E-state index in [2.05, 4.69) is 17.5 Å². The second-order valence-corrected chi connectivity index (χ2v) is 4.78. The van der Waals surface area contributed by atoms with Crippen LogP contribution in [0.15, 0.2) is 48.5 Å². The second-order valence-electron chi connectivity index (χ2n) is 4.78. The van der Waals surface area contributed by atoms with Crippen LogP contribution in [0.4, 0.5) is 4.39 Å². The summed E-state index contributed by atoms with van der Waals surface area (Å²) in [6.45, 7) is 1.59. The van der Waals surface area contributed by atoms with Crippen LogP contribution in [-0.2, 0) is 6.54 Å². The highest BCUT2D eigenvalue weighted by atomic mass is 19.1. The fourth-order valence-corrected chi connectivity index (χ4v) is 2.50. The third-order valence-corrected chi connectivity index (χ3v) is 3.52. The van der Waals surface area contributed by atoms with Gasteiger partial charge in [-0.3, -0.25) is 0 Å². The van der Waals surface area contributed by atoms with Crippen molar-refractivity contribution in [2.24, 2.45) is 0 Å². The normalized spacial score (nSPS) is 14.2. The van der Waals surface area contributed by atoms with Gasteiger partial charge >= 0.3 is 0 Å². The lowest BCUT2D eigenvalue weighted by molar-refractivity contribution is 0.414. The molecule has 1 aliphatic heterocycles. The summed E-state index contributed by atoms with van der Waals surface area (Å²) in [7, 11) is 1.67. The molecule has 0 aliphatic carbocycles. The fraction of sp³-hybridized carbons (Fsp3) is 0.176. The third kappa shape index (κ3) is 2.45. The van der Waals surface area contributed by atoms with Crippen LogP contribution >= 0.6 is 0 Å². The van der Waals surface area contributed by atoms with Crippen molar-refractivity contribution in [3.63, 3.8) is 0 Å². The summed E-state index contributed by atoms with van der Waals surface area (Å²) in [6, 6.07) is 12.7. The molecule has 0 amide bonds. The number of benzene rings is 2. The van der Waals surface area contributed by atoms with Crippen LogP contribution in [-0.4, -0.2) is 13.7 Å². The van der Waals surface area contributed by atoms with E-state index in [9.17, 15) is 4.39 Å². The Bertz CT molecular complexity index is 647. The molecule has 1 N–H and O–H groups in total. The number of fused-ring (bicyclic) bond motifs is 1. The van der Waals surface area contributed by atoms with Gasteiger partial charge in [0.25, 0.3) is 0 Å². The zero-order valence-electron chi connectivity index (χ0n) is 11.3. The minimum atomic E-state index is -0.212. The molecule has 2 nitrogen and oxygen atoms in total. The van der Waals surface area contributed by atoms with Crippen molar-refractivity contribution in [1.29, 1.82) is 0 Å². The molecule has 1 aliphatic rings. The Morgan fingerprint density at radius 2 is 1.90 bits per heavy atom. The molecule has 2 aromatic carbocycles. The Morgan fingerprint density at radius 3 is 2.65 bits per heavy atom. The number of nitrogens with one attached hydrogen (secondary N) is 1. The maximum Gasteiger partial charge on any atom is 0.123 e. The lowest BCUT2D eigenvalue weighted by Crippen LogP contribution is -2.11. The molecule has 2 aromatic rings. The summed E-state index contributed by atoms with van der Waals surface area (Å²) in [5.74, 6) is 0.641. The number of ether oxygens (including phenoxy) is 1. The van der Waals surface area contributed by atoms with Gasteiger partial charge in [0.2, 0.25) is 0 Å². The van der Waals surface area contributed by atoms with Gasteiger partial charge in [-0.1, -0.05) is 24.3 Å². The van der Waals surface area contributed by atoms with Gasteiger partial charge in [-0.2, -0.15) is 0 Å². The second kappa shape index (κ2) is 5.47. The minimum absolute atomic E-state index is 0.212. The maximum atomic E-state index is 13.1. The van der Waals surface area contributed by atoms with Gasteiger partial charge in [0.15, 0.2) is 0 Å². The van der Waals surface area contributed by atoms with Crippen molar-refractivity contribution in [2.45, 2.75) is 6.54 Å². The van der Waals surface area contributed by atoms with Crippen LogP contribution in [0.25, 0.3) is 5.57 Å². The van der Waals surface area contributed by atoms with E-state index >= 15 is 0 Å². The average Bonchev–Trinajstić information content (AvgIpc) is 2.69. The molecular weight excluding hydrogens is 253 g/mol. The lowest BCUT2D eigenvalue weighted by Gasteiger charge is -2.12. The molecule has 0 bridgehead atoms. The maximum absolute atomic E-state index is 13.1. The summed E-state index contributed by atoms with van der Waals surface area (Å²) in [4.78, 5) is 0. The standard InChI is InChI=1S/C17H16FNO/c1-20-15-6-7-16-13(10-15)11-19-9-8-17(16)12-2-4-14(18)5-3-12/h2-8,10,19H,9,11H2,1H3. The molecule has 0 saturated heterocycles. The Hall–Kier alpha value is -2.13. The highest BCUT2D eigenvalue weighted by molar-refractivity contribution is 5.82. The molecule has 0 aromatic heterocycles. The monoisotopic (exact) mass is 269 g/mol. The average molecular weight is 269 g/mol. The van der Waals surface area contributed by atoms with Gasteiger partial charge in [0.05, 0.1) is 7.11 Å². The van der Waals surface area contributed by atoms with E-state index in [-0.39, 0.29) is 5.82 Å². The van der Waals surface area contributed by atoms with Crippen molar-refractivity contribution in [1.82, 2.24) is 5.32 Å². The zero-order chi connectivity index (χ0) is 13.9. The van der Waals surface area contributed by atoms with Crippen LogP contribution in [0, 0.1) is 5.82 Å². The third-order valence-electron chi connectivity index (χ3n) is 3.52. The molecule has 102 valence electrons. The van der Waals surface area contributed by atoms with E-state index < -0.39 is 0 Å². The smallest absolute Gasteiger partial charge is 0.123 e. The number of methoxy groups -OCH3 is 1. The van der Waals surface area contributed by atoms with E-state index in [1.165, 1.54) is 23.3 Å². The molecule has 0 fully saturated rings. The minimum Gasteiger partial charge on any atom is -0.497 e. The number of halogens is 1. The lowest BCUT2D eigenvalue weighted by atomic mass is 9.94. The van der Waals surface area contributed by atoms with Gasteiger partial charge in [0.1, 0.15) is 11.6 Å². The topological polar surface area (TPSA) is 21.3 Å². The Kier molecular flexibility index (Phi) is 3.52. The largest absolute Gasteiger partial charge is 0.497 e. The summed E-state index contributed by atoms with van der Waals surface area (Å²) >= 11 is 0. The first-order valence-electron chi connectivity index (χ1n) is 6.62. The molecule has 20 heavy (non-hydrogen) atoms. The molecule has 0 unspecified atom stereocenters. The number of hydrogen-bond acceptors (Lipinski definition) is 2. The highest BCUT2D eigenvalue weighted by Gasteiger charge is 2.13. The summed E-state index contributed by atoms with van der Waals surface area (Å²) < 4.78 is 18.4. The summed E-state index contributed by atoms with van der Waals surface area (Å²) in [6.07, 6.45) is 2.14. The van der Waals surface area contributed by atoms with Gasteiger partial charge in [-0.25, -0.2) is 4.39 Å². The van der Waals surface area contributed by atoms with Gasteiger partial charge in [0, 0.05) is 13.1 Å². The van der Waals surface area contributed by atoms with Crippen molar-refractivity contribution in [3.05, 3.63) is 71.0 Å². The molecule has 0 atom stereocenters. The SMILES string of the molecule is COc1ccc2c(c1)CNCC=C2c1ccc(F)cc1. The van der Waals surface area contributed by atoms with Gasteiger partial charge in [-0.05, 0) is 46.5 Å². The number of rotatable bonds is 2. The summed E-state index contributed by atoms with van der Waals surface area (Å²) in [5.41, 5.74) is 4.52. The highest BCUT2D eigenvalue weighted by Crippen LogP contribution is 2.30. The van der Waals surface area contributed by atoms with E-state index in [0.717, 1.165) is 30.0 Å². The number of hydrogen-bond donors (Lipinski definition) is 1. The van der Waals surface area contributed by atoms with E-state index in [0.29, 0.717) is 0 Å². The first-order valence-corrected chi connectivity index (χ1v) is 6.62. The van der Waals surface area contributed by atoms with Crippen LogP contribution in [0.5, 0.6) is 5.75 Å². The van der Waals surface area contributed by atoms with E-state index in [1.54, 1.807) is 7.11 Å². The van der Waals surface area contributed by atoms with Crippen LogP contribution in [0.2, 0.25) is 0 Å². The quantitative estimate of drug-likeness (QED) is 0.902. The Labute approximate surface area is 117 Å². The zero-order valence-corrected chi connectivity index (χ0v) is 11.3. The Balaban J connectivity index is 2.08. The van der Waals surface area contributed by atoms with Crippen molar-refractivity contribution in [2.75, 3.05) is 13.7 Å². The molecular formula is C17H16FNO. The molecule has 3 heteroatoms. The van der Waals surface area contributed by atoms with E-state index in [1.807, 2.05) is 24.3 Å². The van der Waals surface area contributed by atoms with Crippen molar-refractivity contribution >= 4 is 5.57 Å². The van der Waals surface area contributed by atoms with Crippen LogP contribution < -0.4 is 10.1 Å². The molecule has 1 heterocycles. The molecule has 0 radical (unpaired) electrons. The van der Waals surface area contributed by atoms with Gasteiger partial charge in [-0.15, -0.1) is 0 Å². The molecule has 0 spiro atoms. The van der Waals surface area contributed by atoms with Crippen molar-refractivity contribution in [3.8, 4) is 5.75 Å². The molecule has 3 rings (SSSR count). The van der Waals surface area contributed by atoms with Crippen LogP contribution in [0.3, 0.4) is 0 Å². The first-order chi connectivity index (χ1) is 9.78. The first kappa shape index (κ1) is 12.9. The van der Waals surface area contributed by atoms with Crippen molar-refractivity contribution < 1.29 is 9.13 Å². The Morgan fingerprint density at radius 1 is 1.10 bits per heavy atom. The van der Waals surface area contributed by atoms with E-state index in [4.69, 9.17) is 4.74 Å². The molecule has 0 saturated carbocycles. The van der Waals surface area contributed by atoms with Crippen LogP contribution in [0.1, 0.15) is 16.7 Å². The summed E-state index contributed by atoms with van der Waals surface area (Å²) in [5, 5.41) is 3.36. The predicted octanol–water partition coefficient (Wildman–Crippen LogP) is 3.37.